The summed E-state index contributed by atoms with van der Waals surface area (Å²) in [5.41, 5.74) is 1.15. The summed E-state index contributed by atoms with van der Waals surface area (Å²) in [6.07, 6.45) is 3.60. The van der Waals surface area contributed by atoms with E-state index < -0.39 is 24.5 Å². The quantitative estimate of drug-likeness (QED) is 0.488. The molecule has 3 aromatic rings. The smallest absolute Gasteiger partial charge is 0.255 e. The number of hydrogen-bond acceptors (Lipinski definition) is 5. The minimum absolute atomic E-state index is 0.00750. The lowest BCUT2D eigenvalue weighted by molar-refractivity contribution is -0.118. The van der Waals surface area contributed by atoms with Gasteiger partial charge in [-0.05, 0) is 54.6 Å². The Balaban J connectivity index is 1.72. The van der Waals surface area contributed by atoms with E-state index in [1.807, 2.05) is 12.1 Å². The van der Waals surface area contributed by atoms with Gasteiger partial charge in [0.25, 0.3) is 5.91 Å². The molecule has 3 rings (SSSR count). The zero-order valence-electron chi connectivity index (χ0n) is 15.7. The highest BCUT2D eigenvalue weighted by molar-refractivity contribution is 6.02. The Bertz CT molecular complexity index is 984. The van der Waals surface area contributed by atoms with Crippen molar-refractivity contribution in [2.24, 2.45) is 0 Å². The number of phenolic OH excluding ortho intramolecular Hbond substituents is 1. The molecular weight excluding hydrogens is 374 g/mol. The van der Waals surface area contributed by atoms with Crippen LogP contribution >= 0.6 is 0 Å². The second kappa shape index (κ2) is 8.94. The number of ether oxygens (including phenoxy) is 1. The molecule has 1 atom stereocenters. The van der Waals surface area contributed by atoms with Crippen molar-refractivity contribution in [2.75, 3.05) is 19.0 Å². The van der Waals surface area contributed by atoms with E-state index in [-0.39, 0.29) is 11.3 Å². The molecule has 0 bridgehead atoms. The zero-order valence-corrected chi connectivity index (χ0v) is 15.7. The van der Waals surface area contributed by atoms with Gasteiger partial charge in [-0.15, -0.1) is 0 Å². The van der Waals surface area contributed by atoms with Crippen molar-refractivity contribution in [3.05, 3.63) is 72.6 Å². The molecule has 0 fully saturated rings. The standard InChI is InChI=1S/C21H21N3O5/c1-29-16-7-4-14(5-8-16)22-21(28)18(13-25)23-20(27)17-12-15(6-9-19(17)26)24-10-2-3-11-24/h2-12,18,25-26H,13H2,1H3,(H,22,28)(H,23,27). The number of aliphatic hydroxyl groups excluding tert-OH is 1. The van der Waals surface area contributed by atoms with E-state index in [0.29, 0.717) is 17.1 Å². The summed E-state index contributed by atoms with van der Waals surface area (Å²) in [5.74, 6) is -0.869. The molecule has 29 heavy (non-hydrogen) atoms. The molecular formula is C21H21N3O5. The van der Waals surface area contributed by atoms with Crippen LogP contribution in [0.5, 0.6) is 11.5 Å². The number of rotatable bonds is 7. The van der Waals surface area contributed by atoms with Crippen molar-refractivity contribution < 1.29 is 24.5 Å². The molecule has 150 valence electrons. The first kappa shape index (κ1) is 20.0. The molecule has 0 aliphatic heterocycles. The van der Waals surface area contributed by atoms with Crippen molar-refractivity contribution in [1.29, 1.82) is 0 Å². The van der Waals surface area contributed by atoms with Crippen molar-refractivity contribution in [3.63, 3.8) is 0 Å². The van der Waals surface area contributed by atoms with Gasteiger partial charge in [-0.1, -0.05) is 0 Å². The van der Waals surface area contributed by atoms with E-state index in [0.717, 1.165) is 0 Å². The van der Waals surface area contributed by atoms with Crippen LogP contribution in [0.1, 0.15) is 10.4 Å². The molecule has 0 radical (unpaired) electrons. The molecule has 8 nitrogen and oxygen atoms in total. The highest BCUT2D eigenvalue weighted by atomic mass is 16.5. The highest BCUT2D eigenvalue weighted by Crippen LogP contribution is 2.21. The number of benzene rings is 2. The number of aromatic nitrogens is 1. The van der Waals surface area contributed by atoms with Crippen LogP contribution in [0.25, 0.3) is 5.69 Å². The lowest BCUT2D eigenvalue weighted by Crippen LogP contribution is -2.46. The van der Waals surface area contributed by atoms with E-state index in [2.05, 4.69) is 10.6 Å². The average molecular weight is 395 g/mol. The maximum atomic E-state index is 12.6. The second-order valence-electron chi connectivity index (χ2n) is 6.22. The molecule has 0 aliphatic carbocycles. The van der Waals surface area contributed by atoms with E-state index in [1.165, 1.54) is 19.2 Å². The van der Waals surface area contributed by atoms with Gasteiger partial charge in [-0.3, -0.25) is 9.59 Å². The number of aliphatic hydroxyl groups is 1. The van der Waals surface area contributed by atoms with Crippen LogP contribution in [0, 0.1) is 0 Å². The summed E-state index contributed by atoms with van der Waals surface area (Å²) in [6.45, 7) is -0.605. The monoisotopic (exact) mass is 395 g/mol. The lowest BCUT2D eigenvalue weighted by Gasteiger charge is -2.17. The summed E-state index contributed by atoms with van der Waals surface area (Å²) in [6, 6.07) is 13.6. The zero-order chi connectivity index (χ0) is 20.8. The topological polar surface area (TPSA) is 113 Å². The number of nitrogens with zero attached hydrogens (tertiary/aromatic N) is 1. The van der Waals surface area contributed by atoms with Crippen molar-refractivity contribution in [1.82, 2.24) is 9.88 Å². The molecule has 2 amide bonds. The summed E-state index contributed by atoms with van der Waals surface area (Å²) >= 11 is 0. The fourth-order valence-electron chi connectivity index (χ4n) is 2.71. The SMILES string of the molecule is COc1ccc(NC(=O)C(CO)NC(=O)c2cc(-n3cccc3)ccc2O)cc1. The van der Waals surface area contributed by atoms with E-state index >= 15 is 0 Å². The van der Waals surface area contributed by atoms with Crippen LogP contribution in [-0.4, -0.2) is 46.4 Å². The number of anilines is 1. The first-order chi connectivity index (χ1) is 14.0. The summed E-state index contributed by atoms with van der Waals surface area (Å²) in [4.78, 5) is 25.0. The van der Waals surface area contributed by atoms with Crippen molar-refractivity contribution >= 4 is 17.5 Å². The first-order valence-electron chi connectivity index (χ1n) is 8.85. The Morgan fingerprint density at radius 3 is 2.41 bits per heavy atom. The number of carbonyl (C=O) groups is 2. The van der Waals surface area contributed by atoms with E-state index in [1.54, 1.807) is 47.3 Å². The molecule has 1 unspecified atom stereocenters. The van der Waals surface area contributed by atoms with Gasteiger partial charge in [0.15, 0.2) is 0 Å². The molecule has 1 heterocycles. The van der Waals surface area contributed by atoms with Gasteiger partial charge < -0.3 is 30.2 Å². The van der Waals surface area contributed by atoms with Crippen LogP contribution in [0.3, 0.4) is 0 Å². The fourth-order valence-corrected chi connectivity index (χ4v) is 2.71. The lowest BCUT2D eigenvalue weighted by atomic mass is 10.1. The molecule has 4 N–H and O–H groups in total. The third-order valence-electron chi connectivity index (χ3n) is 4.29. The van der Waals surface area contributed by atoms with Crippen LogP contribution in [0.2, 0.25) is 0 Å². The van der Waals surface area contributed by atoms with Crippen LogP contribution in [0.15, 0.2) is 67.0 Å². The van der Waals surface area contributed by atoms with Crippen LogP contribution in [-0.2, 0) is 4.79 Å². The van der Waals surface area contributed by atoms with E-state index in [4.69, 9.17) is 4.74 Å². The third-order valence-corrected chi connectivity index (χ3v) is 4.29. The van der Waals surface area contributed by atoms with Gasteiger partial charge in [0, 0.05) is 23.8 Å². The minimum Gasteiger partial charge on any atom is -0.507 e. The van der Waals surface area contributed by atoms with Gasteiger partial charge in [-0.2, -0.15) is 0 Å². The fraction of sp³-hybridized carbons (Fsp3) is 0.143. The van der Waals surface area contributed by atoms with Gasteiger partial charge in [0.2, 0.25) is 5.91 Å². The Morgan fingerprint density at radius 2 is 1.79 bits per heavy atom. The third kappa shape index (κ3) is 4.74. The summed E-state index contributed by atoms with van der Waals surface area (Å²) in [5, 5.41) is 24.7. The first-order valence-corrected chi connectivity index (χ1v) is 8.85. The summed E-state index contributed by atoms with van der Waals surface area (Å²) < 4.78 is 6.83. The van der Waals surface area contributed by atoms with Crippen molar-refractivity contribution in [3.8, 4) is 17.2 Å². The second-order valence-corrected chi connectivity index (χ2v) is 6.22. The number of amides is 2. The Kier molecular flexibility index (Phi) is 6.16. The van der Waals surface area contributed by atoms with Gasteiger partial charge in [0.1, 0.15) is 17.5 Å². The highest BCUT2D eigenvalue weighted by Gasteiger charge is 2.22. The average Bonchev–Trinajstić information content (AvgIpc) is 3.27. The molecule has 8 heteroatoms. The maximum Gasteiger partial charge on any atom is 0.255 e. The Labute approximate surface area is 167 Å². The number of phenols is 1. The van der Waals surface area contributed by atoms with Gasteiger partial charge in [-0.25, -0.2) is 0 Å². The Hall–Kier alpha value is -3.78. The molecule has 0 aliphatic rings. The summed E-state index contributed by atoms with van der Waals surface area (Å²) in [7, 11) is 1.53. The largest absolute Gasteiger partial charge is 0.507 e. The van der Waals surface area contributed by atoms with E-state index in [9.17, 15) is 19.8 Å². The molecule has 0 saturated heterocycles. The van der Waals surface area contributed by atoms with Gasteiger partial charge in [0.05, 0.1) is 19.3 Å². The number of carbonyl (C=O) groups excluding carboxylic acids is 2. The number of methoxy groups -OCH3 is 1. The van der Waals surface area contributed by atoms with Crippen molar-refractivity contribution in [2.45, 2.75) is 6.04 Å². The number of nitrogens with one attached hydrogen (secondary N) is 2. The molecule has 0 spiro atoms. The normalized spacial score (nSPS) is 11.5. The maximum absolute atomic E-state index is 12.6. The Morgan fingerprint density at radius 1 is 1.10 bits per heavy atom. The predicted molar refractivity (Wildman–Crippen MR) is 107 cm³/mol. The number of aromatic hydroxyl groups is 1. The van der Waals surface area contributed by atoms with Gasteiger partial charge >= 0.3 is 0 Å². The van der Waals surface area contributed by atoms with Crippen LogP contribution in [0.4, 0.5) is 5.69 Å². The number of hydrogen-bond donors (Lipinski definition) is 4. The minimum atomic E-state index is -1.20. The van der Waals surface area contributed by atoms with Crippen LogP contribution < -0.4 is 15.4 Å². The molecule has 0 saturated carbocycles. The predicted octanol–water partition coefficient (Wildman–Crippen LogP) is 1.92. The molecule has 1 aromatic heterocycles. The molecule has 2 aromatic carbocycles.